The van der Waals surface area contributed by atoms with Gasteiger partial charge >= 0.3 is 0 Å². The molecule has 16 rings (SSSR count). The fourth-order valence-corrected chi connectivity index (χ4v) is 14.9. The number of fused-ring (bicyclic) bond motifs is 18. The molecule has 2 aromatic heterocycles. The third-order valence-electron chi connectivity index (χ3n) is 18.2. The van der Waals surface area contributed by atoms with E-state index in [1.165, 1.54) is 87.9 Å². The van der Waals surface area contributed by atoms with E-state index in [-0.39, 0.29) is 0 Å². The molecule has 0 fully saturated rings. The molecular weight excluding hydrogens is 1050 g/mol. The van der Waals surface area contributed by atoms with Crippen molar-refractivity contribution in [2.24, 2.45) is 0 Å². The van der Waals surface area contributed by atoms with Crippen LogP contribution in [0.1, 0.15) is 47.4 Å². The van der Waals surface area contributed by atoms with Gasteiger partial charge in [0.15, 0.2) is 0 Å². The number of allylic oxidation sites excluding steroid dienone is 6. The summed E-state index contributed by atoms with van der Waals surface area (Å²) in [5, 5.41) is 8.34. The maximum atomic E-state index is 4.34. The van der Waals surface area contributed by atoms with Gasteiger partial charge in [0, 0.05) is 66.9 Å². The van der Waals surface area contributed by atoms with E-state index in [4.69, 9.17) is 0 Å². The number of aromatic nitrogens is 2. The first-order valence-corrected chi connectivity index (χ1v) is 30.1. The van der Waals surface area contributed by atoms with E-state index in [0.29, 0.717) is 0 Å². The molecule has 0 aliphatic heterocycles. The fraction of sp³-hybridized carbons (Fsp3) is 0.0361. The van der Waals surface area contributed by atoms with Crippen LogP contribution in [-0.2, 0) is 5.41 Å². The summed E-state index contributed by atoms with van der Waals surface area (Å²) in [5.74, 6) is 0. The largest absolute Gasteiger partial charge is 0.310 e. The Kier molecular flexibility index (Phi) is 12.2. The lowest BCUT2D eigenvalue weighted by Gasteiger charge is -2.34. The smallest absolute Gasteiger partial charge is 0.0732 e. The second-order valence-corrected chi connectivity index (χ2v) is 22.7. The molecule has 0 atom stereocenters. The van der Waals surface area contributed by atoms with Crippen molar-refractivity contribution in [1.82, 2.24) is 9.13 Å². The van der Waals surface area contributed by atoms with E-state index in [1.54, 1.807) is 0 Å². The van der Waals surface area contributed by atoms with Crippen molar-refractivity contribution in [2.75, 3.05) is 9.80 Å². The van der Waals surface area contributed by atoms with Crippen LogP contribution in [0, 0.1) is 0 Å². The highest BCUT2D eigenvalue weighted by Crippen LogP contribution is 2.66. The Morgan fingerprint density at radius 1 is 0.425 bits per heavy atom. The third kappa shape index (κ3) is 7.64. The van der Waals surface area contributed by atoms with E-state index < -0.39 is 5.41 Å². The second-order valence-electron chi connectivity index (χ2n) is 22.7. The van der Waals surface area contributed by atoms with E-state index in [0.717, 1.165) is 67.7 Å². The predicted octanol–water partition coefficient (Wildman–Crippen LogP) is 22.6. The first-order valence-electron chi connectivity index (χ1n) is 30.1. The minimum Gasteiger partial charge on any atom is -0.310 e. The van der Waals surface area contributed by atoms with E-state index >= 15 is 0 Å². The van der Waals surface area contributed by atoms with Gasteiger partial charge < -0.3 is 18.9 Å². The number of rotatable bonds is 12. The molecule has 4 heteroatoms. The average molecular weight is 1110 g/mol. The number of nitrogens with zero attached hydrogens (tertiary/aromatic N) is 4. The summed E-state index contributed by atoms with van der Waals surface area (Å²) in [6.07, 6.45) is 14.4. The first kappa shape index (κ1) is 51.4. The summed E-state index contributed by atoms with van der Waals surface area (Å²) >= 11 is 0. The summed E-state index contributed by atoms with van der Waals surface area (Å²) in [5.41, 5.74) is 23.8. The Labute approximate surface area is 507 Å². The monoisotopic (exact) mass is 1110 g/mol. The van der Waals surface area contributed by atoms with Crippen molar-refractivity contribution in [3.05, 3.63) is 338 Å². The van der Waals surface area contributed by atoms with Gasteiger partial charge in [0.1, 0.15) is 0 Å². The van der Waals surface area contributed by atoms with Crippen LogP contribution < -0.4 is 9.80 Å². The molecule has 0 N–H and O–H groups in total. The van der Waals surface area contributed by atoms with Gasteiger partial charge in [-0.05, 0) is 190 Å². The van der Waals surface area contributed by atoms with Gasteiger partial charge in [0.25, 0.3) is 0 Å². The molecule has 0 amide bonds. The van der Waals surface area contributed by atoms with Gasteiger partial charge in [-0.3, -0.25) is 0 Å². The van der Waals surface area contributed by atoms with Crippen molar-refractivity contribution < 1.29 is 0 Å². The molecule has 412 valence electrons. The Balaban J connectivity index is 0.940. The van der Waals surface area contributed by atoms with Crippen LogP contribution in [0.25, 0.3) is 100 Å². The molecule has 0 radical (unpaired) electrons. The molecule has 2 heterocycles. The summed E-state index contributed by atoms with van der Waals surface area (Å²) in [4.78, 5) is 4.91. The van der Waals surface area contributed by atoms with Crippen molar-refractivity contribution in [2.45, 2.75) is 19.3 Å². The van der Waals surface area contributed by atoms with Crippen molar-refractivity contribution in [3.63, 3.8) is 0 Å². The van der Waals surface area contributed by atoms with Crippen molar-refractivity contribution in [1.29, 1.82) is 0 Å². The highest BCUT2D eigenvalue weighted by molar-refractivity contribution is 6.16. The zero-order valence-corrected chi connectivity index (χ0v) is 48.6. The zero-order valence-electron chi connectivity index (χ0n) is 48.6. The Hall–Kier alpha value is -11.2. The Morgan fingerprint density at radius 2 is 1.00 bits per heavy atom. The number of anilines is 6. The minimum atomic E-state index is -0.678. The van der Waals surface area contributed by atoms with Crippen LogP contribution in [0.2, 0.25) is 0 Å². The highest BCUT2D eigenvalue weighted by Gasteiger charge is 2.53. The maximum absolute atomic E-state index is 4.34. The number of hydrogen-bond acceptors (Lipinski definition) is 2. The van der Waals surface area contributed by atoms with Crippen molar-refractivity contribution in [3.8, 4) is 27.9 Å². The highest BCUT2D eigenvalue weighted by atomic mass is 15.2. The third-order valence-corrected chi connectivity index (χ3v) is 18.2. The number of hydrogen-bond donors (Lipinski definition) is 0. The molecule has 12 aromatic carbocycles. The molecule has 1 spiro atoms. The lowest BCUT2D eigenvalue weighted by Crippen LogP contribution is -2.26. The van der Waals surface area contributed by atoms with Gasteiger partial charge in [0.2, 0.25) is 0 Å². The molecule has 0 unspecified atom stereocenters. The van der Waals surface area contributed by atoms with Gasteiger partial charge in [-0.1, -0.05) is 201 Å². The second kappa shape index (κ2) is 20.5. The topological polar surface area (TPSA) is 16.3 Å². The molecule has 0 bridgehead atoms. The van der Waals surface area contributed by atoms with Crippen LogP contribution in [0.3, 0.4) is 0 Å². The predicted molar refractivity (Wildman–Crippen MR) is 371 cm³/mol. The minimum absolute atomic E-state index is 0.678. The van der Waals surface area contributed by atoms with Gasteiger partial charge in [-0.15, -0.1) is 0 Å². The van der Waals surface area contributed by atoms with Gasteiger partial charge in [-0.2, -0.15) is 0 Å². The molecule has 0 saturated carbocycles. The van der Waals surface area contributed by atoms with Gasteiger partial charge in [-0.25, -0.2) is 0 Å². The SMILES string of the molecule is C=C/C=C(\C=C/C)n1c(C=C)c(/C=C\C)c2cc(N(c3ccccc3)c3ccc4c5c(ccc4c3)-c3c(cc(N(c4ccccc4)c4ccc6c(c4)c4ccccc4n6-c4ccccc4)c4ccccc34)C53c4ccccc4-c4ccccc43)ccc21. The molecule has 2 aliphatic carbocycles. The molecule has 0 saturated heterocycles. The zero-order chi connectivity index (χ0) is 58.3. The summed E-state index contributed by atoms with van der Waals surface area (Å²) in [6, 6.07) is 97.2. The molecular formula is C83H60N4. The normalized spacial score (nSPS) is 13.1. The average Bonchev–Trinajstić information content (AvgIpc) is 1.50. The Bertz CT molecular complexity index is 5180. The summed E-state index contributed by atoms with van der Waals surface area (Å²) in [6.45, 7) is 12.5. The van der Waals surface area contributed by atoms with E-state index in [1.807, 2.05) is 19.1 Å². The number of para-hydroxylation sites is 4. The maximum Gasteiger partial charge on any atom is 0.0732 e. The van der Waals surface area contributed by atoms with Crippen LogP contribution >= 0.6 is 0 Å². The molecule has 14 aromatic rings. The van der Waals surface area contributed by atoms with Crippen LogP contribution in [0.5, 0.6) is 0 Å². The van der Waals surface area contributed by atoms with Crippen LogP contribution in [0.15, 0.2) is 304 Å². The fourth-order valence-electron chi connectivity index (χ4n) is 14.9. The van der Waals surface area contributed by atoms with E-state index in [9.17, 15) is 0 Å². The quantitative estimate of drug-likeness (QED) is 0.113. The molecule has 87 heavy (non-hydrogen) atoms. The Morgan fingerprint density at radius 3 is 1.69 bits per heavy atom. The standard InChI is InChI=1S/C83H60N4/c1-5-26-56(27-6-2)86-76(8-4)66(28-7-3)71-52-61(45-49-78(71)86)84(57-29-12-9-13-30-57)60-44-48-63-55(51-60)43-47-70-81-69-39-19-18-37-67(69)80(54-75(81)83(82(63)70)73-40-23-20-35-64(73)65-36-21-24-41-74(65)83)85(58-31-14-10-15-32-58)62-46-50-79-72(53-62)68-38-22-25-42-77(68)87(79)59-33-16-11-17-34-59/h5-54H,1,4H2,2-3H3/b27-6-,28-7-,56-26+. The number of benzene rings is 12. The summed E-state index contributed by atoms with van der Waals surface area (Å²) < 4.78 is 4.69. The lowest BCUT2D eigenvalue weighted by atomic mass is 9.69. The molecule has 4 nitrogen and oxygen atoms in total. The molecule has 2 aliphatic rings. The van der Waals surface area contributed by atoms with Gasteiger partial charge in [0.05, 0.1) is 33.3 Å². The van der Waals surface area contributed by atoms with Crippen LogP contribution in [0.4, 0.5) is 34.1 Å². The lowest BCUT2D eigenvalue weighted by molar-refractivity contribution is 0.802. The first-order chi connectivity index (χ1) is 43.0. The van der Waals surface area contributed by atoms with E-state index in [2.05, 4.69) is 330 Å². The van der Waals surface area contributed by atoms with Crippen molar-refractivity contribution >= 4 is 106 Å². The van der Waals surface area contributed by atoms with Crippen LogP contribution in [-0.4, -0.2) is 9.13 Å². The summed E-state index contributed by atoms with van der Waals surface area (Å²) in [7, 11) is 0.